The van der Waals surface area contributed by atoms with Crippen LogP contribution in [-0.4, -0.2) is 21.5 Å². The van der Waals surface area contributed by atoms with Gasteiger partial charge in [0.15, 0.2) is 6.10 Å². The first kappa shape index (κ1) is 15.7. The Morgan fingerprint density at radius 1 is 0.958 bits per heavy atom. The van der Waals surface area contributed by atoms with E-state index in [1.165, 1.54) is 10.9 Å². The van der Waals surface area contributed by atoms with E-state index < -0.39 is 12.1 Å². The van der Waals surface area contributed by atoms with Gasteiger partial charge in [-0.05, 0) is 0 Å². The van der Waals surface area contributed by atoms with E-state index in [2.05, 4.69) is 5.10 Å². The lowest BCUT2D eigenvalue weighted by molar-refractivity contribution is 0.0280. The van der Waals surface area contributed by atoms with E-state index in [9.17, 15) is 9.59 Å². The molecule has 0 fully saturated rings. The Hall–Kier alpha value is -3.21. The van der Waals surface area contributed by atoms with Crippen LogP contribution in [0, 0.1) is 0 Å². The zero-order chi connectivity index (χ0) is 16.9. The first-order chi connectivity index (χ1) is 11.6. The predicted octanol–water partition coefficient (Wildman–Crippen LogP) is 3.20. The smallest absolute Gasteiger partial charge is 0.342 e. The van der Waals surface area contributed by atoms with E-state index in [1.807, 2.05) is 12.1 Å². The first-order valence-corrected chi connectivity index (χ1v) is 7.49. The second-order valence-electron chi connectivity index (χ2n) is 5.33. The summed E-state index contributed by atoms with van der Waals surface area (Å²) >= 11 is 0. The number of hydrogen-bond donors (Lipinski definition) is 0. The van der Waals surface area contributed by atoms with Crippen molar-refractivity contribution in [3.63, 3.8) is 0 Å². The molecule has 5 nitrogen and oxygen atoms in total. The highest BCUT2D eigenvalue weighted by molar-refractivity contribution is 6.02. The van der Waals surface area contributed by atoms with Gasteiger partial charge in [0, 0.05) is 24.4 Å². The third kappa shape index (κ3) is 3.41. The molecule has 1 heterocycles. The average molecular weight is 320 g/mol. The Bertz CT molecular complexity index is 841. The van der Waals surface area contributed by atoms with Gasteiger partial charge in [0.2, 0.25) is 5.78 Å². The summed E-state index contributed by atoms with van der Waals surface area (Å²) in [5.74, 6) is -0.847. The van der Waals surface area contributed by atoms with Crippen molar-refractivity contribution >= 4 is 11.8 Å². The lowest BCUT2D eigenvalue weighted by Crippen LogP contribution is -2.20. The number of esters is 1. The summed E-state index contributed by atoms with van der Waals surface area (Å²) in [7, 11) is 1.71. The number of aryl methyl sites for hydroxylation is 1. The quantitative estimate of drug-likeness (QED) is 0.535. The number of ether oxygens (including phenoxy) is 1. The molecule has 0 N–H and O–H groups in total. The highest BCUT2D eigenvalue weighted by Crippen LogP contribution is 2.23. The van der Waals surface area contributed by atoms with Gasteiger partial charge < -0.3 is 4.74 Å². The minimum absolute atomic E-state index is 0.265. The maximum Gasteiger partial charge on any atom is 0.342 e. The fourth-order valence-corrected chi connectivity index (χ4v) is 2.36. The Morgan fingerprint density at radius 3 is 2.17 bits per heavy atom. The fraction of sp³-hybridized carbons (Fsp3) is 0.105. The second-order valence-corrected chi connectivity index (χ2v) is 5.33. The number of ketones is 1. The van der Waals surface area contributed by atoms with Crippen LogP contribution in [0.3, 0.4) is 0 Å². The van der Waals surface area contributed by atoms with Crippen molar-refractivity contribution in [2.75, 3.05) is 0 Å². The number of carbonyl (C=O) groups is 2. The number of aromatic nitrogens is 2. The van der Waals surface area contributed by atoms with E-state index in [1.54, 1.807) is 61.8 Å². The minimum atomic E-state index is -0.999. The summed E-state index contributed by atoms with van der Waals surface area (Å²) in [6.07, 6.45) is 1.97. The fourth-order valence-electron chi connectivity index (χ4n) is 2.36. The minimum Gasteiger partial charge on any atom is -0.445 e. The predicted molar refractivity (Wildman–Crippen MR) is 88.6 cm³/mol. The van der Waals surface area contributed by atoms with Crippen molar-refractivity contribution in [3.8, 4) is 0 Å². The lowest BCUT2D eigenvalue weighted by Gasteiger charge is -2.17. The van der Waals surface area contributed by atoms with E-state index in [0.717, 1.165) is 0 Å². The molecule has 2 aromatic carbocycles. The van der Waals surface area contributed by atoms with Gasteiger partial charge in [-0.3, -0.25) is 9.48 Å². The Morgan fingerprint density at radius 2 is 1.58 bits per heavy atom. The molecule has 0 amide bonds. The van der Waals surface area contributed by atoms with Crippen LogP contribution in [0.15, 0.2) is 73.1 Å². The summed E-state index contributed by atoms with van der Waals surface area (Å²) in [4.78, 5) is 25.2. The molecule has 0 aliphatic rings. The normalized spacial score (nSPS) is 11.7. The van der Waals surface area contributed by atoms with Crippen LogP contribution in [-0.2, 0) is 11.8 Å². The molecule has 1 aromatic heterocycles. The SMILES string of the molecule is Cn1cc(C(=O)O[C@@H](C(=O)c2ccccc2)c2ccccc2)cn1. The molecule has 0 bridgehead atoms. The maximum absolute atomic E-state index is 12.8. The lowest BCUT2D eigenvalue weighted by atomic mass is 10.00. The molecule has 0 aliphatic heterocycles. The molecule has 3 aromatic rings. The van der Waals surface area contributed by atoms with Gasteiger partial charge in [0.25, 0.3) is 0 Å². The molecule has 5 heteroatoms. The van der Waals surface area contributed by atoms with Crippen molar-refractivity contribution < 1.29 is 14.3 Å². The van der Waals surface area contributed by atoms with Gasteiger partial charge in [0.05, 0.1) is 11.8 Å². The number of carbonyl (C=O) groups excluding carboxylic acids is 2. The number of hydrogen-bond acceptors (Lipinski definition) is 4. The van der Waals surface area contributed by atoms with Crippen molar-refractivity contribution in [2.24, 2.45) is 7.05 Å². The van der Waals surface area contributed by atoms with Crippen LogP contribution in [0.2, 0.25) is 0 Å². The van der Waals surface area contributed by atoms with E-state index in [-0.39, 0.29) is 5.78 Å². The van der Waals surface area contributed by atoms with Gasteiger partial charge in [-0.25, -0.2) is 4.79 Å². The molecule has 120 valence electrons. The van der Waals surface area contributed by atoms with E-state index in [4.69, 9.17) is 4.74 Å². The standard InChI is InChI=1S/C19H16N2O3/c1-21-13-16(12-20-21)19(23)24-18(15-10-6-3-7-11-15)17(22)14-8-4-2-5-9-14/h2-13,18H,1H3/t18-/m1/s1. The largest absolute Gasteiger partial charge is 0.445 e. The Balaban J connectivity index is 1.91. The molecule has 3 rings (SSSR count). The molecular weight excluding hydrogens is 304 g/mol. The summed E-state index contributed by atoms with van der Waals surface area (Å²) < 4.78 is 7.02. The number of rotatable bonds is 5. The van der Waals surface area contributed by atoms with Crippen molar-refractivity contribution in [1.29, 1.82) is 0 Å². The Labute approximate surface area is 139 Å². The van der Waals surface area contributed by atoms with Crippen molar-refractivity contribution in [2.45, 2.75) is 6.10 Å². The third-order valence-corrected chi connectivity index (χ3v) is 3.56. The van der Waals surface area contributed by atoms with Crippen LogP contribution in [0.4, 0.5) is 0 Å². The van der Waals surface area contributed by atoms with Gasteiger partial charge >= 0.3 is 5.97 Å². The molecule has 0 radical (unpaired) electrons. The average Bonchev–Trinajstić information content (AvgIpc) is 3.07. The molecule has 0 saturated carbocycles. The zero-order valence-electron chi connectivity index (χ0n) is 13.1. The Kier molecular flexibility index (Phi) is 4.52. The number of Topliss-reactive ketones (excluding diaryl/α,β-unsaturated/α-hetero) is 1. The summed E-state index contributed by atoms with van der Waals surface area (Å²) in [6.45, 7) is 0. The molecule has 24 heavy (non-hydrogen) atoms. The van der Waals surface area contributed by atoms with Gasteiger partial charge in [-0.15, -0.1) is 0 Å². The third-order valence-electron chi connectivity index (χ3n) is 3.56. The van der Waals surface area contributed by atoms with Crippen molar-refractivity contribution in [3.05, 3.63) is 89.7 Å². The van der Waals surface area contributed by atoms with Crippen LogP contribution < -0.4 is 0 Å². The highest BCUT2D eigenvalue weighted by atomic mass is 16.5. The van der Waals surface area contributed by atoms with Crippen molar-refractivity contribution in [1.82, 2.24) is 9.78 Å². The summed E-state index contributed by atoms with van der Waals surface area (Å²) in [5.41, 5.74) is 1.42. The highest BCUT2D eigenvalue weighted by Gasteiger charge is 2.27. The maximum atomic E-state index is 12.8. The molecule has 0 aliphatic carbocycles. The monoisotopic (exact) mass is 320 g/mol. The van der Waals surface area contributed by atoms with Gasteiger partial charge in [-0.2, -0.15) is 5.10 Å². The van der Waals surface area contributed by atoms with Crippen LogP contribution in [0.5, 0.6) is 0 Å². The molecule has 0 spiro atoms. The zero-order valence-corrected chi connectivity index (χ0v) is 13.1. The van der Waals surface area contributed by atoms with Gasteiger partial charge in [0.1, 0.15) is 0 Å². The summed E-state index contributed by atoms with van der Waals surface area (Å²) in [6, 6.07) is 17.8. The van der Waals surface area contributed by atoms with Crippen LogP contribution >= 0.6 is 0 Å². The van der Waals surface area contributed by atoms with E-state index in [0.29, 0.717) is 16.7 Å². The topological polar surface area (TPSA) is 61.2 Å². The molecular formula is C19H16N2O3. The number of nitrogens with zero attached hydrogens (tertiary/aromatic N) is 2. The van der Waals surface area contributed by atoms with Gasteiger partial charge in [-0.1, -0.05) is 60.7 Å². The molecule has 1 atom stereocenters. The number of benzene rings is 2. The molecule has 0 unspecified atom stereocenters. The van der Waals surface area contributed by atoms with Crippen LogP contribution in [0.25, 0.3) is 0 Å². The molecule has 0 saturated heterocycles. The van der Waals surface area contributed by atoms with Crippen LogP contribution in [0.1, 0.15) is 32.4 Å². The second kappa shape index (κ2) is 6.91. The van der Waals surface area contributed by atoms with E-state index >= 15 is 0 Å². The summed E-state index contributed by atoms with van der Waals surface area (Å²) in [5, 5.41) is 3.95. The first-order valence-electron chi connectivity index (χ1n) is 7.49.